The monoisotopic (exact) mass is 167 g/mol. The van der Waals surface area contributed by atoms with E-state index in [2.05, 4.69) is 32.9 Å². The molecule has 0 rings (SSSR count). The predicted molar refractivity (Wildman–Crippen MR) is 55.8 cm³/mol. The molecule has 0 saturated carbocycles. The summed E-state index contributed by atoms with van der Waals surface area (Å²) < 4.78 is 0. The molecule has 0 aromatic heterocycles. The SMILES string of the molecule is CC(=N)C/C=C/CCC(C)(C)C. The lowest BCUT2D eigenvalue weighted by molar-refractivity contribution is 0.381. The van der Waals surface area contributed by atoms with Gasteiger partial charge < -0.3 is 5.41 Å². The van der Waals surface area contributed by atoms with Gasteiger partial charge in [-0.1, -0.05) is 32.9 Å². The van der Waals surface area contributed by atoms with Gasteiger partial charge in [0.1, 0.15) is 0 Å². The van der Waals surface area contributed by atoms with Gasteiger partial charge in [-0.3, -0.25) is 0 Å². The average Bonchev–Trinajstić information content (AvgIpc) is 1.83. The van der Waals surface area contributed by atoms with Crippen LogP contribution in [0.1, 0.15) is 47.0 Å². The van der Waals surface area contributed by atoms with E-state index >= 15 is 0 Å². The van der Waals surface area contributed by atoms with Gasteiger partial charge in [0.15, 0.2) is 0 Å². The molecule has 12 heavy (non-hydrogen) atoms. The highest BCUT2D eigenvalue weighted by molar-refractivity contribution is 5.79. The summed E-state index contributed by atoms with van der Waals surface area (Å²) in [6.45, 7) is 8.60. The lowest BCUT2D eigenvalue weighted by Crippen LogP contribution is -2.02. The fraction of sp³-hybridized carbons (Fsp3) is 0.727. The van der Waals surface area contributed by atoms with Crippen LogP contribution >= 0.6 is 0 Å². The third-order valence-electron chi connectivity index (χ3n) is 1.65. The maximum atomic E-state index is 7.20. The Balaban J connectivity index is 3.43. The van der Waals surface area contributed by atoms with Crippen molar-refractivity contribution in [3.05, 3.63) is 12.2 Å². The van der Waals surface area contributed by atoms with E-state index < -0.39 is 0 Å². The molecular weight excluding hydrogens is 146 g/mol. The second-order valence-electron chi connectivity index (χ2n) is 4.56. The van der Waals surface area contributed by atoms with E-state index in [0.717, 1.165) is 18.6 Å². The molecular formula is C11H21N. The Kier molecular flexibility index (Phi) is 4.87. The van der Waals surface area contributed by atoms with E-state index in [1.807, 2.05) is 6.92 Å². The van der Waals surface area contributed by atoms with Gasteiger partial charge in [0, 0.05) is 12.1 Å². The van der Waals surface area contributed by atoms with Crippen LogP contribution in [0.3, 0.4) is 0 Å². The van der Waals surface area contributed by atoms with Crippen molar-refractivity contribution in [1.29, 1.82) is 5.41 Å². The molecule has 0 radical (unpaired) electrons. The molecule has 1 N–H and O–H groups in total. The zero-order chi connectivity index (χ0) is 9.61. The lowest BCUT2D eigenvalue weighted by Gasteiger charge is -2.15. The van der Waals surface area contributed by atoms with Gasteiger partial charge in [0.2, 0.25) is 0 Å². The number of hydrogen-bond acceptors (Lipinski definition) is 1. The number of allylic oxidation sites excluding steroid dienone is 2. The van der Waals surface area contributed by atoms with Crippen LogP contribution in [-0.2, 0) is 0 Å². The van der Waals surface area contributed by atoms with Gasteiger partial charge >= 0.3 is 0 Å². The number of nitrogens with one attached hydrogen (secondary N) is 1. The minimum atomic E-state index is 0.435. The van der Waals surface area contributed by atoms with Crippen LogP contribution < -0.4 is 0 Å². The van der Waals surface area contributed by atoms with Crippen molar-refractivity contribution >= 4 is 5.71 Å². The van der Waals surface area contributed by atoms with E-state index in [9.17, 15) is 0 Å². The average molecular weight is 167 g/mol. The molecule has 0 atom stereocenters. The quantitative estimate of drug-likeness (QED) is 0.486. The first kappa shape index (κ1) is 11.4. The van der Waals surface area contributed by atoms with Crippen molar-refractivity contribution in [2.75, 3.05) is 0 Å². The Morgan fingerprint density at radius 3 is 2.25 bits per heavy atom. The molecule has 0 bridgehead atoms. The standard InChI is InChI=1S/C11H21N/c1-10(12)8-6-5-7-9-11(2,3)4/h5-6,12H,7-9H2,1-4H3/b6-5+,12-10?. The van der Waals surface area contributed by atoms with E-state index in [0.29, 0.717) is 5.41 Å². The zero-order valence-corrected chi connectivity index (χ0v) is 8.78. The predicted octanol–water partition coefficient (Wildman–Crippen LogP) is 3.80. The Bertz CT molecular complexity index is 160. The highest BCUT2D eigenvalue weighted by Crippen LogP contribution is 2.20. The Hall–Kier alpha value is -0.590. The number of hydrogen-bond donors (Lipinski definition) is 1. The first-order valence-electron chi connectivity index (χ1n) is 4.61. The van der Waals surface area contributed by atoms with Crippen LogP contribution in [0.2, 0.25) is 0 Å². The van der Waals surface area contributed by atoms with Crippen molar-refractivity contribution in [1.82, 2.24) is 0 Å². The minimum Gasteiger partial charge on any atom is -0.310 e. The minimum absolute atomic E-state index is 0.435. The third kappa shape index (κ3) is 9.41. The molecule has 70 valence electrons. The fourth-order valence-corrected chi connectivity index (χ4v) is 0.894. The molecule has 0 amide bonds. The number of rotatable bonds is 4. The van der Waals surface area contributed by atoms with Gasteiger partial charge in [-0.25, -0.2) is 0 Å². The van der Waals surface area contributed by atoms with Crippen molar-refractivity contribution in [3.63, 3.8) is 0 Å². The van der Waals surface area contributed by atoms with Gasteiger partial charge in [-0.15, -0.1) is 0 Å². The van der Waals surface area contributed by atoms with Crippen LogP contribution in [0.25, 0.3) is 0 Å². The second-order valence-corrected chi connectivity index (χ2v) is 4.56. The normalized spacial score (nSPS) is 12.3. The van der Waals surface area contributed by atoms with Crippen molar-refractivity contribution in [2.24, 2.45) is 5.41 Å². The first-order chi connectivity index (χ1) is 5.42. The molecule has 0 fully saturated rings. The molecule has 0 aromatic carbocycles. The molecule has 0 aliphatic heterocycles. The Morgan fingerprint density at radius 1 is 1.25 bits per heavy atom. The van der Waals surface area contributed by atoms with E-state index in [1.165, 1.54) is 6.42 Å². The van der Waals surface area contributed by atoms with Gasteiger partial charge in [-0.2, -0.15) is 0 Å². The highest BCUT2D eigenvalue weighted by Gasteiger charge is 2.07. The van der Waals surface area contributed by atoms with Crippen LogP contribution in [0.15, 0.2) is 12.2 Å². The van der Waals surface area contributed by atoms with Crippen LogP contribution in [0.5, 0.6) is 0 Å². The molecule has 1 nitrogen and oxygen atoms in total. The molecule has 0 aromatic rings. The van der Waals surface area contributed by atoms with Crippen LogP contribution in [0.4, 0.5) is 0 Å². The molecule has 0 heterocycles. The first-order valence-corrected chi connectivity index (χ1v) is 4.61. The summed E-state index contributed by atoms with van der Waals surface area (Å²) in [5.41, 5.74) is 1.17. The van der Waals surface area contributed by atoms with Crippen molar-refractivity contribution in [3.8, 4) is 0 Å². The summed E-state index contributed by atoms with van der Waals surface area (Å²) in [6.07, 6.45) is 7.44. The van der Waals surface area contributed by atoms with Gasteiger partial charge in [0.25, 0.3) is 0 Å². The third-order valence-corrected chi connectivity index (χ3v) is 1.65. The highest BCUT2D eigenvalue weighted by atomic mass is 14.4. The zero-order valence-electron chi connectivity index (χ0n) is 8.78. The molecule has 1 heteroatoms. The van der Waals surface area contributed by atoms with E-state index in [1.54, 1.807) is 0 Å². The maximum absolute atomic E-state index is 7.20. The van der Waals surface area contributed by atoms with Crippen molar-refractivity contribution < 1.29 is 0 Å². The van der Waals surface area contributed by atoms with Crippen LogP contribution in [-0.4, -0.2) is 5.71 Å². The summed E-state index contributed by atoms with van der Waals surface area (Å²) in [5.74, 6) is 0. The van der Waals surface area contributed by atoms with E-state index in [4.69, 9.17) is 5.41 Å². The summed E-state index contributed by atoms with van der Waals surface area (Å²) in [6, 6.07) is 0. The molecule has 0 spiro atoms. The maximum Gasteiger partial charge on any atom is 0.00958 e. The summed E-state index contributed by atoms with van der Waals surface area (Å²) in [4.78, 5) is 0. The Labute approximate surface area is 76.4 Å². The van der Waals surface area contributed by atoms with E-state index in [-0.39, 0.29) is 0 Å². The summed E-state index contributed by atoms with van der Waals surface area (Å²) in [7, 11) is 0. The van der Waals surface area contributed by atoms with Crippen molar-refractivity contribution in [2.45, 2.75) is 47.0 Å². The molecule has 0 saturated heterocycles. The van der Waals surface area contributed by atoms with Crippen LogP contribution in [0, 0.1) is 10.8 Å². The lowest BCUT2D eigenvalue weighted by atomic mass is 9.90. The molecule has 0 unspecified atom stereocenters. The smallest absolute Gasteiger partial charge is 0.00958 e. The Morgan fingerprint density at radius 2 is 1.83 bits per heavy atom. The molecule has 0 aliphatic carbocycles. The molecule has 0 aliphatic rings. The summed E-state index contributed by atoms with van der Waals surface area (Å²) >= 11 is 0. The topological polar surface area (TPSA) is 23.9 Å². The largest absolute Gasteiger partial charge is 0.310 e. The van der Waals surface area contributed by atoms with Gasteiger partial charge in [0.05, 0.1) is 0 Å². The van der Waals surface area contributed by atoms with Gasteiger partial charge in [-0.05, 0) is 25.2 Å². The summed E-state index contributed by atoms with van der Waals surface area (Å²) in [5, 5.41) is 7.20. The fourth-order valence-electron chi connectivity index (χ4n) is 0.894. The second kappa shape index (κ2) is 5.13.